The van der Waals surface area contributed by atoms with Gasteiger partial charge < -0.3 is 18.9 Å². The molecule has 0 radical (unpaired) electrons. The van der Waals surface area contributed by atoms with Crippen molar-refractivity contribution < 1.29 is 18.7 Å². The average Bonchev–Trinajstić information content (AvgIpc) is 3.46. The second-order valence-electron chi connectivity index (χ2n) is 9.99. The number of ether oxygens (including phenoxy) is 2. The Morgan fingerprint density at radius 3 is 2.59 bits per heavy atom. The molecule has 0 spiro atoms. The Morgan fingerprint density at radius 1 is 1.08 bits per heavy atom. The van der Waals surface area contributed by atoms with Gasteiger partial charge in [-0.05, 0) is 78.4 Å². The second kappa shape index (κ2) is 11.5. The van der Waals surface area contributed by atoms with Crippen molar-refractivity contribution in [2.24, 2.45) is 5.92 Å². The molecule has 1 aromatic heterocycles. The first-order chi connectivity index (χ1) is 18.0. The van der Waals surface area contributed by atoms with Gasteiger partial charge in [0.2, 0.25) is 5.95 Å². The largest absolute Gasteiger partial charge is 0.371 e. The molecule has 5 rings (SSSR count). The number of aromatic nitrogens is 2. The van der Waals surface area contributed by atoms with Crippen molar-refractivity contribution in [3.63, 3.8) is 0 Å². The number of nitrogens with one attached hydrogen (secondary N) is 1. The number of hydrogen-bond acceptors (Lipinski definition) is 5. The first-order valence-electron chi connectivity index (χ1n) is 13.1. The number of hydrogen-bond donors (Lipinski definition) is 1. The van der Waals surface area contributed by atoms with Gasteiger partial charge in [0.25, 0.3) is 5.91 Å². The van der Waals surface area contributed by atoms with Gasteiger partial charge >= 0.3 is 0 Å². The minimum Gasteiger partial charge on any atom is -0.371 e. The summed E-state index contributed by atoms with van der Waals surface area (Å²) in [5.74, 6) is -0.240. The predicted octanol–water partition coefficient (Wildman–Crippen LogP) is 6.53. The van der Waals surface area contributed by atoms with Crippen LogP contribution in [0.1, 0.15) is 61.3 Å². The molecule has 2 heterocycles. The molecule has 1 unspecified atom stereocenters. The monoisotopic (exact) mass is 572 g/mol. The van der Waals surface area contributed by atoms with Gasteiger partial charge in [0.15, 0.2) is 6.29 Å². The molecule has 0 bridgehead atoms. The molecule has 1 N–H and O–H groups in total. The van der Waals surface area contributed by atoms with E-state index >= 15 is 0 Å². The van der Waals surface area contributed by atoms with Crippen LogP contribution < -0.4 is 10.2 Å². The maximum atomic E-state index is 14.5. The number of carbonyl (C=O) groups excluding carboxylic acids is 1. The molecular formula is C28H34BrFN4O3. The highest BCUT2D eigenvalue weighted by Crippen LogP contribution is 2.37. The molecule has 1 aliphatic heterocycles. The minimum atomic E-state index is -0.568. The van der Waals surface area contributed by atoms with Gasteiger partial charge in [-0.3, -0.25) is 10.1 Å². The van der Waals surface area contributed by atoms with Crippen molar-refractivity contribution in [1.29, 1.82) is 0 Å². The summed E-state index contributed by atoms with van der Waals surface area (Å²) in [6.07, 6.45) is 7.29. The molecular weight excluding hydrogens is 539 g/mol. The lowest BCUT2D eigenvalue weighted by molar-refractivity contribution is -0.139. The van der Waals surface area contributed by atoms with Crippen molar-refractivity contribution >= 4 is 44.5 Å². The van der Waals surface area contributed by atoms with Crippen molar-refractivity contribution in [3.05, 3.63) is 52.3 Å². The number of fused-ring (bicyclic) bond motifs is 1. The van der Waals surface area contributed by atoms with E-state index in [1.165, 1.54) is 6.07 Å². The quantitative estimate of drug-likeness (QED) is 0.326. The summed E-state index contributed by atoms with van der Waals surface area (Å²) in [6.45, 7) is 1.88. The van der Waals surface area contributed by atoms with Crippen molar-refractivity contribution in [2.45, 2.75) is 57.3 Å². The van der Waals surface area contributed by atoms with Crippen molar-refractivity contribution in [3.8, 4) is 0 Å². The number of imidazole rings is 1. The van der Waals surface area contributed by atoms with E-state index in [1.807, 2.05) is 6.07 Å². The third-order valence-corrected chi connectivity index (χ3v) is 8.43. The topological polar surface area (TPSA) is 68.6 Å². The van der Waals surface area contributed by atoms with E-state index in [1.54, 1.807) is 26.4 Å². The fourth-order valence-electron chi connectivity index (χ4n) is 5.91. The lowest BCUT2D eigenvalue weighted by Gasteiger charge is -2.25. The summed E-state index contributed by atoms with van der Waals surface area (Å²) in [6, 6.07) is 11.1. The van der Waals surface area contributed by atoms with E-state index in [4.69, 9.17) is 14.5 Å². The molecule has 1 aliphatic carbocycles. The lowest BCUT2D eigenvalue weighted by atomic mass is 10.0. The summed E-state index contributed by atoms with van der Waals surface area (Å²) in [5.41, 5.74) is 2.95. The first kappa shape index (κ1) is 26.1. The van der Waals surface area contributed by atoms with Crippen molar-refractivity contribution in [2.75, 3.05) is 37.5 Å². The number of methoxy groups -OCH3 is 2. The number of benzene rings is 2. The Labute approximate surface area is 225 Å². The Hall–Kier alpha value is -2.49. The van der Waals surface area contributed by atoms with Gasteiger partial charge in [-0.15, -0.1) is 0 Å². The van der Waals surface area contributed by atoms with Crippen LogP contribution in [0, 0.1) is 11.7 Å². The Bertz CT molecular complexity index is 1240. The lowest BCUT2D eigenvalue weighted by Crippen LogP contribution is -2.27. The summed E-state index contributed by atoms with van der Waals surface area (Å²) < 4.78 is 28.1. The van der Waals surface area contributed by atoms with Gasteiger partial charge in [-0.1, -0.05) is 18.9 Å². The van der Waals surface area contributed by atoms with Crippen LogP contribution in [0.2, 0.25) is 0 Å². The standard InChI is InChI=1S/C28H34BrFN4O3/c1-36-27(37-2)18-7-6-15-33(16-14-18)20-12-13-23-24(17-20)34(19-8-3-4-9-19)28(31-23)32-26(35)25-21(29)10-5-11-22(25)30/h5,10-13,17-19,27H,3-4,6-9,14-16H2,1-2H3,(H,31,32,35). The highest BCUT2D eigenvalue weighted by atomic mass is 79.9. The Balaban J connectivity index is 1.46. The molecule has 37 heavy (non-hydrogen) atoms. The molecule has 9 heteroatoms. The smallest absolute Gasteiger partial charge is 0.262 e. The fraction of sp³-hybridized carbons (Fsp3) is 0.500. The zero-order chi connectivity index (χ0) is 25.9. The SMILES string of the molecule is COC(OC)C1CCCN(c2ccc3nc(NC(=O)c4c(F)cccc4Br)n(C4CCCC4)c3c2)CC1. The first-order valence-corrected chi connectivity index (χ1v) is 13.9. The van der Waals surface area contributed by atoms with E-state index in [0.29, 0.717) is 16.3 Å². The number of carbonyl (C=O) groups is 1. The van der Waals surface area contributed by atoms with Gasteiger partial charge in [0.1, 0.15) is 5.82 Å². The molecule has 1 atom stereocenters. The third-order valence-electron chi connectivity index (χ3n) is 7.77. The summed E-state index contributed by atoms with van der Waals surface area (Å²) in [4.78, 5) is 20.3. The van der Waals surface area contributed by atoms with Crippen LogP contribution in [0.15, 0.2) is 40.9 Å². The number of rotatable bonds is 7. The van der Waals surface area contributed by atoms with Crippen LogP contribution in [0.5, 0.6) is 0 Å². The molecule has 2 fully saturated rings. The maximum absolute atomic E-state index is 14.5. The number of anilines is 2. The molecule has 2 aliphatic rings. The third kappa shape index (κ3) is 5.40. The molecule has 2 aromatic carbocycles. The normalized spacial score (nSPS) is 19.1. The number of nitrogens with zero attached hydrogens (tertiary/aromatic N) is 3. The molecule has 1 amide bonds. The van der Waals surface area contributed by atoms with Crippen LogP contribution >= 0.6 is 15.9 Å². The number of halogens is 2. The summed E-state index contributed by atoms with van der Waals surface area (Å²) in [5, 5.41) is 2.92. The molecule has 198 valence electrons. The molecule has 7 nitrogen and oxygen atoms in total. The fourth-order valence-corrected chi connectivity index (χ4v) is 6.43. The van der Waals surface area contributed by atoms with E-state index < -0.39 is 11.7 Å². The van der Waals surface area contributed by atoms with Crippen LogP contribution in [-0.2, 0) is 9.47 Å². The Kier molecular flexibility index (Phi) is 8.12. The van der Waals surface area contributed by atoms with E-state index in [9.17, 15) is 9.18 Å². The van der Waals surface area contributed by atoms with E-state index in [-0.39, 0.29) is 17.9 Å². The van der Waals surface area contributed by atoms with Crippen molar-refractivity contribution in [1.82, 2.24) is 9.55 Å². The number of amides is 1. The van der Waals surface area contributed by atoms with Gasteiger partial charge in [0, 0.05) is 49.4 Å². The van der Waals surface area contributed by atoms with E-state index in [0.717, 1.165) is 74.8 Å². The second-order valence-corrected chi connectivity index (χ2v) is 10.8. The zero-order valence-electron chi connectivity index (χ0n) is 21.4. The van der Waals surface area contributed by atoms with Crippen LogP contribution in [0.25, 0.3) is 11.0 Å². The highest BCUT2D eigenvalue weighted by molar-refractivity contribution is 9.10. The average molecular weight is 574 g/mol. The molecule has 3 aromatic rings. The van der Waals surface area contributed by atoms with E-state index in [2.05, 4.69) is 42.8 Å². The van der Waals surface area contributed by atoms with Crippen LogP contribution in [0.4, 0.5) is 16.0 Å². The summed E-state index contributed by atoms with van der Waals surface area (Å²) in [7, 11) is 3.41. The predicted molar refractivity (Wildman–Crippen MR) is 147 cm³/mol. The minimum absolute atomic E-state index is 0.0160. The Morgan fingerprint density at radius 2 is 1.86 bits per heavy atom. The van der Waals surface area contributed by atoms with Gasteiger partial charge in [0.05, 0.1) is 16.6 Å². The van der Waals surface area contributed by atoms with Gasteiger partial charge in [-0.2, -0.15) is 0 Å². The molecule has 1 saturated carbocycles. The van der Waals surface area contributed by atoms with Crippen LogP contribution in [0.3, 0.4) is 0 Å². The van der Waals surface area contributed by atoms with Crippen LogP contribution in [-0.4, -0.2) is 49.1 Å². The maximum Gasteiger partial charge on any atom is 0.262 e. The van der Waals surface area contributed by atoms with Gasteiger partial charge in [-0.25, -0.2) is 9.37 Å². The zero-order valence-corrected chi connectivity index (χ0v) is 23.0. The molecule has 1 saturated heterocycles. The summed E-state index contributed by atoms with van der Waals surface area (Å²) >= 11 is 3.31. The highest BCUT2D eigenvalue weighted by Gasteiger charge is 2.27.